The lowest BCUT2D eigenvalue weighted by atomic mass is 10.1. The zero-order chi connectivity index (χ0) is 12.1. The first-order chi connectivity index (χ1) is 8.31. The van der Waals surface area contributed by atoms with E-state index in [1.165, 1.54) is 0 Å². The topological polar surface area (TPSA) is 51.8 Å². The molecule has 2 rings (SSSR count). The molecule has 3 nitrogen and oxygen atoms in total. The molecule has 2 N–H and O–H groups in total. The predicted octanol–water partition coefficient (Wildman–Crippen LogP) is 2.43. The van der Waals surface area contributed by atoms with Gasteiger partial charge in [-0.1, -0.05) is 12.1 Å². The second kappa shape index (κ2) is 5.42. The fourth-order valence-corrected chi connectivity index (χ4v) is 1.65. The summed E-state index contributed by atoms with van der Waals surface area (Å²) >= 11 is 0. The van der Waals surface area contributed by atoms with Crippen LogP contribution < -0.4 is 5.73 Å². The third kappa shape index (κ3) is 2.80. The predicted molar refractivity (Wildman–Crippen MR) is 69.2 cm³/mol. The van der Waals surface area contributed by atoms with Crippen molar-refractivity contribution in [3.8, 4) is 11.8 Å². The second-order valence-corrected chi connectivity index (χ2v) is 3.86. The van der Waals surface area contributed by atoms with Crippen LogP contribution in [0.2, 0.25) is 0 Å². The van der Waals surface area contributed by atoms with Gasteiger partial charge in [-0.05, 0) is 25.5 Å². The molecule has 0 spiro atoms. The maximum Gasteiger partial charge on any atom is 0.0890 e. The molecule has 3 heteroatoms. The van der Waals surface area contributed by atoms with Crippen molar-refractivity contribution in [3.63, 3.8) is 0 Å². The minimum Gasteiger partial charge on any atom is -0.323 e. The lowest BCUT2D eigenvalue weighted by Crippen LogP contribution is -2.12. The maximum absolute atomic E-state index is 6.06. The molecule has 0 saturated heterocycles. The molecule has 0 aliphatic heterocycles. The van der Waals surface area contributed by atoms with Gasteiger partial charge in [0, 0.05) is 12.5 Å². The minimum atomic E-state index is -0.0899. The van der Waals surface area contributed by atoms with E-state index in [9.17, 15) is 0 Å². The van der Waals surface area contributed by atoms with E-state index in [4.69, 9.17) is 5.73 Å². The molecule has 0 aliphatic rings. The quantitative estimate of drug-likeness (QED) is 0.816. The summed E-state index contributed by atoms with van der Waals surface area (Å²) in [5.41, 5.74) is 8.68. The number of nitrogens with zero attached hydrogens (tertiary/aromatic N) is 2. The van der Waals surface area contributed by atoms with E-state index in [1.54, 1.807) is 6.20 Å². The van der Waals surface area contributed by atoms with Crippen LogP contribution in [0.15, 0.2) is 30.5 Å². The second-order valence-electron chi connectivity index (χ2n) is 3.86. The summed E-state index contributed by atoms with van der Waals surface area (Å²) in [5, 5.41) is 0. The average Bonchev–Trinajstić information content (AvgIpc) is 2.38. The fourth-order valence-electron chi connectivity index (χ4n) is 1.65. The lowest BCUT2D eigenvalue weighted by Gasteiger charge is -2.09. The first-order valence-electron chi connectivity index (χ1n) is 5.68. The number of rotatable bonds is 3. The first-order valence-corrected chi connectivity index (χ1v) is 5.68. The van der Waals surface area contributed by atoms with Crippen molar-refractivity contribution >= 4 is 11.0 Å². The first kappa shape index (κ1) is 11.6. The van der Waals surface area contributed by atoms with Crippen molar-refractivity contribution in [2.24, 2.45) is 5.73 Å². The van der Waals surface area contributed by atoms with E-state index in [0.29, 0.717) is 0 Å². The molecule has 1 unspecified atom stereocenters. The van der Waals surface area contributed by atoms with Gasteiger partial charge in [0.25, 0.3) is 0 Å². The summed E-state index contributed by atoms with van der Waals surface area (Å²) in [5.74, 6) is 5.87. The molecule has 0 fully saturated rings. The van der Waals surface area contributed by atoms with Crippen molar-refractivity contribution in [1.82, 2.24) is 9.97 Å². The number of aromatic nitrogens is 2. The fraction of sp³-hybridized carbons (Fsp3) is 0.286. The molecule has 0 saturated carbocycles. The Bertz CT molecular complexity index is 566. The van der Waals surface area contributed by atoms with Gasteiger partial charge in [-0.2, -0.15) is 0 Å². The molecule has 1 heterocycles. The average molecular weight is 225 g/mol. The van der Waals surface area contributed by atoms with Crippen LogP contribution in [0.3, 0.4) is 0 Å². The summed E-state index contributed by atoms with van der Waals surface area (Å²) in [7, 11) is 0. The van der Waals surface area contributed by atoms with Gasteiger partial charge in [0.15, 0.2) is 0 Å². The Kier molecular flexibility index (Phi) is 3.69. The summed E-state index contributed by atoms with van der Waals surface area (Å²) in [6.07, 6.45) is 3.37. The Morgan fingerprint density at radius 2 is 2.06 bits per heavy atom. The van der Waals surface area contributed by atoms with Crippen LogP contribution in [0.1, 0.15) is 31.5 Å². The van der Waals surface area contributed by atoms with Crippen molar-refractivity contribution in [1.29, 1.82) is 0 Å². The molecule has 1 aromatic heterocycles. The Morgan fingerprint density at radius 1 is 1.29 bits per heavy atom. The highest BCUT2D eigenvalue weighted by atomic mass is 14.8. The largest absolute Gasteiger partial charge is 0.323 e. The Hall–Kier alpha value is -1.92. The maximum atomic E-state index is 6.06. The van der Waals surface area contributed by atoms with Crippen LogP contribution in [0.5, 0.6) is 0 Å². The number of nitrogens with two attached hydrogens (primary N) is 1. The molecule has 1 aromatic carbocycles. The monoisotopic (exact) mass is 225 g/mol. The number of para-hydroxylation sites is 2. The van der Waals surface area contributed by atoms with Gasteiger partial charge in [-0.15, -0.1) is 11.8 Å². The van der Waals surface area contributed by atoms with Crippen LogP contribution in [0.4, 0.5) is 0 Å². The van der Waals surface area contributed by atoms with Gasteiger partial charge in [0.1, 0.15) is 0 Å². The standard InChI is InChI=1S/C14H15N3/c1-2-3-4-7-11(15)14-10-16-12-8-5-6-9-13(12)17-14/h5-6,8-11H,4,7,15H2,1H3. The molecular formula is C14H15N3. The molecule has 86 valence electrons. The highest BCUT2D eigenvalue weighted by molar-refractivity contribution is 5.73. The van der Waals surface area contributed by atoms with Gasteiger partial charge in [-0.25, -0.2) is 4.98 Å². The molecule has 0 bridgehead atoms. The van der Waals surface area contributed by atoms with Gasteiger partial charge < -0.3 is 5.73 Å². The van der Waals surface area contributed by atoms with E-state index in [-0.39, 0.29) is 6.04 Å². The molecule has 0 amide bonds. The van der Waals surface area contributed by atoms with E-state index in [0.717, 1.165) is 29.6 Å². The molecule has 17 heavy (non-hydrogen) atoms. The molecular weight excluding hydrogens is 210 g/mol. The summed E-state index contributed by atoms with van der Waals surface area (Å²) in [6.45, 7) is 1.83. The summed E-state index contributed by atoms with van der Waals surface area (Å²) < 4.78 is 0. The number of hydrogen-bond donors (Lipinski definition) is 1. The van der Waals surface area contributed by atoms with Crippen molar-refractivity contribution in [3.05, 3.63) is 36.2 Å². The molecule has 2 aromatic rings. The number of hydrogen-bond acceptors (Lipinski definition) is 3. The van der Waals surface area contributed by atoms with Crippen molar-refractivity contribution in [2.45, 2.75) is 25.8 Å². The summed E-state index contributed by atoms with van der Waals surface area (Å²) in [4.78, 5) is 8.87. The minimum absolute atomic E-state index is 0.0899. The number of fused-ring (bicyclic) bond motifs is 1. The molecule has 0 aliphatic carbocycles. The SMILES string of the molecule is CC#CCCC(N)c1cnc2ccccc2n1. The van der Waals surface area contributed by atoms with Crippen LogP contribution in [-0.4, -0.2) is 9.97 Å². The Labute approximate surface area is 101 Å². The van der Waals surface area contributed by atoms with Gasteiger partial charge >= 0.3 is 0 Å². The third-order valence-electron chi connectivity index (χ3n) is 2.60. The molecule has 1 atom stereocenters. The zero-order valence-corrected chi connectivity index (χ0v) is 9.85. The van der Waals surface area contributed by atoms with Crippen LogP contribution in [0.25, 0.3) is 11.0 Å². The highest BCUT2D eigenvalue weighted by Gasteiger charge is 2.08. The van der Waals surface area contributed by atoms with Crippen LogP contribution in [-0.2, 0) is 0 Å². The molecule has 0 radical (unpaired) electrons. The van der Waals surface area contributed by atoms with Gasteiger partial charge in [0.2, 0.25) is 0 Å². The third-order valence-corrected chi connectivity index (χ3v) is 2.60. The normalized spacial score (nSPS) is 11.9. The van der Waals surface area contributed by atoms with Gasteiger partial charge in [0.05, 0.1) is 22.9 Å². The summed E-state index contributed by atoms with van der Waals surface area (Å²) in [6, 6.07) is 7.71. The van der Waals surface area contributed by atoms with E-state index in [2.05, 4.69) is 21.8 Å². The van der Waals surface area contributed by atoms with Crippen molar-refractivity contribution < 1.29 is 0 Å². The van der Waals surface area contributed by atoms with E-state index < -0.39 is 0 Å². The van der Waals surface area contributed by atoms with Crippen LogP contribution >= 0.6 is 0 Å². The smallest absolute Gasteiger partial charge is 0.0890 e. The zero-order valence-electron chi connectivity index (χ0n) is 9.85. The van der Waals surface area contributed by atoms with Crippen LogP contribution in [0, 0.1) is 11.8 Å². The Morgan fingerprint density at radius 3 is 2.82 bits per heavy atom. The highest BCUT2D eigenvalue weighted by Crippen LogP contribution is 2.15. The van der Waals surface area contributed by atoms with Gasteiger partial charge in [-0.3, -0.25) is 4.98 Å². The van der Waals surface area contributed by atoms with Crippen molar-refractivity contribution in [2.75, 3.05) is 0 Å². The van der Waals surface area contributed by atoms with E-state index in [1.807, 2.05) is 31.2 Å². The number of benzene rings is 1. The van der Waals surface area contributed by atoms with E-state index >= 15 is 0 Å². The lowest BCUT2D eigenvalue weighted by molar-refractivity contribution is 0.647. The Balaban J connectivity index is 2.19.